The topological polar surface area (TPSA) is 58.4 Å². The van der Waals surface area contributed by atoms with Crippen molar-refractivity contribution in [2.45, 2.75) is 12.3 Å². The Morgan fingerprint density at radius 3 is 2.89 bits per heavy atom. The summed E-state index contributed by atoms with van der Waals surface area (Å²) < 4.78 is 0. The Morgan fingerprint density at radius 2 is 2.28 bits per heavy atom. The molecule has 18 heavy (non-hydrogen) atoms. The number of rotatable bonds is 2. The molecule has 5 heteroatoms. The summed E-state index contributed by atoms with van der Waals surface area (Å²) in [6.07, 6.45) is 0.920. The molecule has 3 N–H and O–H groups in total. The van der Waals surface area contributed by atoms with E-state index in [0.29, 0.717) is 6.54 Å². The zero-order chi connectivity index (χ0) is 12.4. The van der Waals surface area contributed by atoms with E-state index < -0.39 is 0 Å². The highest BCUT2D eigenvalue weighted by atomic mass is 35.5. The molecule has 99 valence electrons. The van der Waals surface area contributed by atoms with E-state index in [-0.39, 0.29) is 24.2 Å². The molecule has 0 bridgehead atoms. The van der Waals surface area contributed by atoms with Gasteiger partial charge >= 0.3 is 0 Å². The Bertz CT molecular complexity index is 434. The van der Waals surface area contributed by atoms with E-state index in [1.165, 1.54) is 5.56 Å². The summed E-state index contributed by atoms with van der Waals surface area (Å²) >= 11 is 0. The van der Waals surface area contributed by atoms with Gasteiger partial charge in [0.2, 0.25) is 5.91 Å². The number of carbonyl (C=O) groups is 1. The second kappa shape index (κ2) is 6.07. The van der Waals surface area contributed by atoms with Crippen LogP contribution in [0.1, 0.15) is 17.0 Å². The molecule has 1 amide bonds. The Labute approximate surface area is 114 Å². The van der Waals surface area contributed by atoms with E-state index in [9.17, 15) is 4.79 Å². The van der Waals surface area contributed by atoms with Crippen LogP contribution in [0, 0.1) is 6.07 Å². The predicted octanol–water partition coefficient (Wildman–Crippen LogP) is 0.689. The molecule has 0 fully saturated rings. The fourth-order valence-corrected chi connectivity index (χ4v) is 2.16. The lowest BCUT2D eigenvalue weighted by Crippen LogP contribution is -2.30. The number of benzene rings is 1. The summed E-state index contributed by atoms with van der Waals surface area (Å²) in [5.41, 5.74) is 8.68. The molecule has 1 unspecified atom stereocenters. The summed E-state index contributed by atoms with van der Waals surface area (Å²) in [4.78, 5) is 13.5. The third-order valence-electron chi connectivity index (χ3n) is 3.18. The molecule has 1 atom stereocenters. The molecule has 4 nitrogen and oxygen atoms in total. The number of amides is 1. The third-order valence-corrected chi connectivity index (χ3v) is 3.18. The number of hydrogen-bond donors (Lipinski definition) is 2. The summed E-state index contributed by atoms with van der Waals surface area (Å²) in [6.45, 7) is 1.51. The average Bonchev–Trinajstić information content (AvgIpc) is 2.49. The Hall–Kier alpha value is -1.26. The lowest BCUT2D eigenvalue weighted by atomic mass is 9.92. The molecule has 0 saturated heterocycles. The maximum atomic E-state index is 11.5. The second-order valence-electron chi connectivity index (χ2n) is 4.60. The largest absolute Gasteiger partial charge is 0.377 e. The van der Waals surface area contributed by atoms with Crippen LogP contribution in [0.15, 0.2) is 12.1 Å². The van der Waals surface area contributed by atoms with Gasteiger partial charge in [-0.15, -0.1) is 12.4 Å². The summed E-state index contributed by atoms with van der Waals surface area (Å²) in [5.74, 6) is -0.502. The number of primary amides is 1. The summed E-state index contributed by atoms with van der Waals surface area (Å²) in [7, 11) is 3.93. The highest BCUT2D eigenvalue weighted by Crippen LogP contribution is 2.26. The van der Waals surface area contributed by atoms with Crippen molar-refractivity contribution >= 4 is 24.0 Å². The fraction of sp³-hybridized carbons (Fsp3) is 0.462. The Kier molecular flexibility index (Phi) is 4.99. The number of fused-ring (bicyclic) bond motifs is 1. The zero-order valence-corrected chi connectivity index (χ0v) is 11.5. The molecule has 0 saturated carbocycles. The minimum atomic E-state index is -0.267. The van der Waals surface area contributed by atoms with Gasteiger partial charge in [-0.3, -0.25) is 4.79 Å². The lowest BCUT2D eigenvalue weighted by Gasteiger charge is -2.18. The van der Waals surface area contributed by atoms with Gasteiger partial charge in [-0.2, -0.15) is 0 Å². The number of nitrogens with two attached hydrogens (primary N) is 1. The molecule has 0 spiro atoms. The molecule has 1 radical (unpaired) electrons. The van der Waals surface area contributed by atoms with Crippen molar-refractivity contribution in [2.24, 2.45) is 5.73 Å². The number of carbonyl (C=O) groups excluding carboxylic acids is 1. The highest BCUT2D eigenvalue weighted by molar-refractivity contribution is 5.85. The van der Waals surface area contributed by atoms with Gasteiger partial charge in [-0.05, 0) is 36.2 Å². The van der Waals surface area contributed by atoms with Gasteiger partial charge < -0.3 is 16.0 Å². The molecule has 1 aliphatic rings. The smallest absolute Gasteiger partial charge is 0.226 e. The van der Waals surface area contributed by atoms with Gasteiger partial charge in [-0.1, -0.05) is 0 Å². The quantitative estimate of drug-likeness (QED) is 0.830. The van der Waals surface area contributed by atoms with Gasteiger partial charge in [0.1, 0.15) is 0 Å². The minimum Gasteiger partial charge on any atom is -0.377 e. The van der Waals surface area contributed by atoms with Gasteiger partial charge in [0.25, 0.3) is 0 Å². The lowest BCUT2D eigenvalue weighted by molar-refractivity contribution is -0.119. The molecule has 1 aromatic carbocycles. The number of nitrogens with zero attached hydrogens (tertiary/aromatic N) is 1. The van der Waals surface area contributed by atoms with Crippen molar-refractivity contribution in [3.8, 4) is 0 Å². The molecule has 1 aromatic rings. The number of anilines is 1. The summed E-state index contributed by atoms with van der Waals surface area (Å²) in [5, 5.41) is 3.25. The van der Waals surface area contributed by atoms with Crippen molar-refractivity contribution in [1.29, 1.82) is 0 Å². The zero-order valence-electron chi connectivity index (χ0n) is 10.7. The molecule has 1 aliphatic heterocycles. The van der Waals surface area contributed by atoms with Crippen LogP contribution in [-0.4, -0.2) is 33.1 Å². The van der Waals surface area contributed by atoms with Crippen LogP contribution >= 0.6 is 12.4 Å². The van der Waals surface area contributed by atoms with E-state index in [1.54, 1.807) is 0 Å². The van der Waals surface area contributed by atoms with E-state index >= 15 is 0 Å². The van der Waals surface area contributed by atoms with Gasteiger partial charge in [-0.25, -0.2) is 0 Å². The van der Waals surface area contributed by atoms with E-state index in [0.717, 1.165) is 24.2 Å². The van der Waals surface area contributed by atoms with Crippen LogP contribution in [0.2, 0.25) is 0 Å². The van der Waals surface area contributed by atoms with Crippen LogP contribution in [-0.2, 0) is 11.2 Å². The molecule has 0 aromatic heterocycles. The first-order valence-electron chi connectivity index (χ1n) is 5.81. The fourth-order valence-electron chi connectivity index (χ4n) is 2.16. The number of hydrogen-bond acceptors (Lipinski definition) is 3. The summed E-state index contributed by atoms with van der Waals surface area (Å²) in [6, 6.07) is 7.23. The average molecular weight is 269 g/mol. The first-order valence-corrected chi connectivity index (χ1v) is 5.81. The van der Waals surface area contributed by atoms with Crippen molar-refractivity contribution < 1.29 is 4.79 Å². The van der Waals surface area contributed by atoms with Crippen molar-refractivity contribution in [3.05, 3.63) is 29.3 Å². The van der Waals surface area contributed by atoms with Crippen LogP contribution in [0.25, 0.3) is 0 Å². The van der Waals surface area contributed by atoms with Gasteiger partial charge in [0, 0.05) is 32.4 Å². The molecule has 0 aliphatic carbocycles. The number of halogens is 1. The Morgan fingerprint density at radius 1 is 1.56 bits per heavy atom. The van der Waals surface area contributed by atoms with Crippen LogP contribution in [0.5, 0.6) is 0 Å². The van der Waals surface area contributed by atoms with E-state index in [2.05, 4.69) is 11.4 Å². The molecule has 1 heterocycles. The minimum absolute atomic E-state index is 0. The van der Waals surface area contributed by atoms with Crippen molar-refractivity contribution in [1.82, 2.24) is 5.32 Å². The Balaban J connectivity index is 0.00000162. The van der Waals surface area contributed by atoms with Crippen molar-refractivity contribution in [3.63, 3.8) is 0 Å². The van der Waals surface area contributed by atoms with Gasteiger partial charge in [0.05, 0.1) is 5.92 Å². The van der Waals surface area contributed by atoms with E-state index in [1.807, 2.05) is 31.1 Å². The predicted molar refractivity (Wildman–Crippen MR) is 75.4 cm³/mol. The standard InChI is InChI=1S/C13H18N3O.ClH/c1-16(2)10-4-3-9-5-6-15-8-12(13(14)17)11(9)7-10;/h3,7,12,15H,5-6,8H2,1-2H3,(H2,14,17);1H. The van der Waals surface area contributed by atoms with Crippen LogP contribution in [0.4, 0.5) is 5.69 Å². The first-order chi connectivity index (χ1) is 8.09. The highest BCUT2D eigenvalue weighted by Gasteiger charge is 2.23. The van der Waals surface area contributed by atoms with Crippen LogP contribution < -0.4 is 16.0 Å². The van der Waals surface area contributed by atoms with Gasteiger partial charge in [0.15, 0.2) is 0 Å². The molecular weight excluding hydrogens is 250 g/mol. The maximum absolute atomic E-state index is 11.5. The SMILES string of the molecule is CN(C)c1[c]cc2c(c1)C(C(N)=O)CNCC2.Cl. The second-order valence-corrected chi connectivity index (χ2v) is 4.60. The maximum Gasteiger partial charge on any atom is 0.226 e. The normalized spacial score (nSPS) is 18.2. The number of nitrogens with one attached hydrogen (secondary N) is 1. The monoisotopic (exact) mass is 268 g/mol. The van der Waals surface area contributed by atoms with E-state index in [4.69, 9.17) is 5.73 Å². The first kappa shape index (κ1) is 14.8. The molecule has 2 rings (SSSR count). The third kappa shape index (κ3) is 2.94. The van der Waals surface area contributed by atoms with Crippen LogP contribution in [0.3, 0.4) is 0 Å². The molecular formula is C13H19ClN3O. The van der Waals surface area contributed by atoms with Crippen molar-refractivity contribution in [2.75, 3.05) is 32.1 Å².